The van der Waals surface area contributed by atoms with Crippen LogP contribution in [0.2, 0.25) is 5.15 Å². The summed E-state index contributed by atoms with van der Waals surface area (Å²) < 4.78 is 2.21. The molecular formula is C21H21ClN4O. The van der Waals surface area contributed by atoms with Gasteiger partial charge in [-0.25, -0.2) is 10.4 Å². The lowest BCUT2D eigenvalue weighted by molar-refractivity contribution is 0.0955. The number of benzene rings is 1. The molecule has 27 heavy (non-hydrogen) atoms. The van der Waals surface area contributed by atoms with Crippen molar-refractivity contribution in [3.63, 3.8) is 0 Å². The molecule has 0 radical (unpaired) electrons. The number of pyridine rings is 1. The molecular weight excluding hydrogens is 360 g/mol. The number of hydrogen-bond donors (Lipinski definition) is 1. The molecule has 5 nitrogen and oxygen atoms in total. The Labute approximate surface area is 163 Å². The lowest BCUT2D eigenvalue weighted by atomic mass is 10.1. The second kappa shape index (κ2) is 7.76. The molecule has 0 bridgehead atoms. The fourth-order valence-electron chi connectivity index (χ4n) is 3.20. The average Bonchev–Trinajstić information content (AvgIpc) is 2.90. The number of carbonyl (C=O) groups is 1. The molecule has 2 heterocycles. The molecule has 0 spiro atoms. The summed E-state index contributed by atoms with van der Waals surface area (Å²) in [4.78, 5) is 16.1. The maximum absolute atomic E-state index is 12.2. The van der Waals surface area contributed by atoms with E-state index in [4.69, 9.17) is 11.6 Å². The first-order valence-electron chi connectivity index (χ1n) is 8.59. The first kappa shape index (κ1) is 18.9. The Morgan fingerprint density at radius 3 is 2.52 bits per heavy atom. The molecule has 0 aliphatic carbocycles. The highest BCUT2D eigenvalue weighted by atomic mass is 35.5. The number of hydrogen-bond acceptors (Lipinski definition) is 3. The van der Waals surface area contributed by atoms with E-state index in [1.165, 1.54) is 23.0 Å². The van der Waals surface area contributed by atoms with Gasteiger partial charge in [0, 0.05) is 23.1 Å². The first-order chi connectivity index (χ1) is 12.9. The number of halogens is 1. The summed E-state index contributed by atoms with van der Waals surface area (Å²) in [7, 11) is 0. The zero-order chi connectivity index (χ0) is 19.6. The van der Waals surface area contributed by atoms with Crippen LogP contribution in [0.25, 0.3) is 5.69 Å². The third-order valence-electron chi connectivity index (χ3n) is 4.51. The zero-order valence-corrected chi connectivity index (χ0v) is 16.5. The van der Waals surface area contributed by atoms with Crippen molar-refractivity contribution in [2.24, 2.45) is 5.10 Å². The number of para-hydroxylation sites is 1. The van der Waals surface area contributed by atoms with Gasteiger partial charge in [-0.15, -0.1) is 0 Å². The van der Waals surface area contributed by atoms with Gasteiger partial charge < -0.3 is 4.57 Å². The number of nitrogens with one attached hydrogen (secondary N) is 1. The van der Waals surface area contributed by atoms with E-state index in [9.17, 15) is 4.79 Å². The van der Waals surface area contributed by atoms with E-state index in [0.29, 0.717) is 0 Å². The van der Waals surface area contributed by atoms with Crippen molar-refractivity contribution in [1.29, 1.82) is 0 Å². The average molecular weight is 381 g/mol. The number of rotatable bonds is 4. The highest BCUT2D eigenvalue weighted by molar-refractivity contribution is 6.32. The van der Waals surface area contributed by atoms with Crippen LogP contribution >= 0.6 is 11.6 Å². The largest absolute Gasteiger partial charge is 0.317 e. The molecule has 3 rings (SSSR count). The van der Waals surface area contributed by atoms with Crippen molar-refractivity contribution in [2.45, 2.75) is 27.7 Å². The predicted octanol–water partition coefficient (Wildman–Crippen LogP) is 4.52. The molecule has 0 aliphatic heterocycles. The van der Waals surface area contributed by atoms with Crippen LogP contribution in [0.5, 0.6) is 0 Å². The summed E-state index contributed by atoms with van der Waals surface area (Å²) >= 11 is 5.93. The predicted molar refractivity (Wildman–Crippen MR) is 109 cm³/mol. The molecule has 3 aromatic rings. The van der Waals surface area contributed by atoms with Gasteiger partial charge in [-0.1, -0.05) is 29.8 Å². The summed E-state index contributed by atoms with van der Waals surface area (Å²) in [6.07, 6.45) is 3.18. The molecule has 0 aliphatic rings. The molecule has 1 amide bonds. The van der Waals surface area contributed by atoms with Crippen LogP contribution in [-0.4, -0.2) is 21.7 Å². The topological polar surface area (TPSA) is 59.3 Å². The fourth-order valence-corrected chi connectivity index (χ4v) is 3.40. The van der Waals surface area contributed by atoms with Crippen LogP contribution in [0.4, 0.5) is 0 Å². The Morgan fingerprint density at radius 1 is 1.15 bits per heavy atom. The number of nitrogens with zero attached hydrogens (tertiary/aromatic N) is 3. The van der Waals surface area contributed by atoms with Crippen molar-refractivity contribution in [1.82, 2.24) is 15.0 Å². The highest BCUT2D eigenvalue weighted by Gasteiger charge is 2.13. The molecule has 0 atom stereocenters. The second-order valence-corrected chi connectivity index (χ2v) is 6.80. The normalized spacial score (nSPS) is 11.1. The third-order valence-corrected chi connectivity index (χ3v) is 4.81. The monoisotopic (exact) mass is 380 g/mol. The Kier molecular flexibility index (Phi) is 5.42. The third kappa shape index (κ3) is 3.78. The van der Waals surface area contributed by atoms with Crippen LogP contribution in [0.1, 0.15) is 38.4 Å². The van der Waals surface area contributed by atoms with Crippen molar-refractivity contribution < 1.29 is 4.79 Å². The van der Waals surface area contributed by atoms with E-state index in [1.807, 2.05) is 13.0 Å². The van der Waals surface area contributed by atoms with Gasteiger partial charge >= 0.3 is 0 Å². The molecule has 0 saturated heterocycles. The van der Waals surface area contributed by atoms with Gasteiger partial charge in [0.2, 0.25) is 0 Å². The molecule has 1 aromatic carbocycles. The van der Waals surface area contributed by atoms with Crippen LogP contribution in [0.3, 0.4) is 0 Å². The first-order valence-corrected chi connectivity index (χ1v) is 8.97. The zero-order valence-electron chi connectivity index (χ0n) is 15.7. The summed E-state index contributed by atoms with van der Waals surface area (Å²) in [5.74, 6) is -0.395. The molecule has 0 saturated carbocycles. The van der Waals surface area contributed by atoms with Gasteiger partial charge in [-0.2, -0.15) is 5.10 Å². The van der Waals surface area contributed by atoms with E-state index < -0.39 is 5.91 Å². The van der Waals surface area contributed by atoms with Crippen LogP contribution < -0.4 is 5.43 Å². The van der Waals surface area contributed by atoms with Gasteiger partial charge in [-0.3, -0.25) is 4.79 Å². The Bertz CT molecular complexity index is 1020. The quantitative estimate of drug-likeness (QED) is 0.411. The molecule has 0 fully saturated rings. The minimum atomic E-state index is -0.395. The van der Waals surface area contributed by atoms with Crippen molar-refractivity contribution in [3.05, 3.63) is 81.4 Å². The van der Waals surface area contributed by atoms with Gasteiger partial charge in [0.05, 0.1) is 17.5 Å². The van der Waals surface area contributed by atoms with Gasteiger partial charge in [0.15, 0.2) is 0 Å². The summed E-state index contributed by atoms with van der Waals surface area (Å²) in [5, 5.41) is 4.24. The SMILES string of the molecule is Cc1cccc(C)c1-n1c(C)cc(C=NNC(=O)c2cccnc2Cl)c1C. The lowest BCUT2D eigenvalue weighted by Crippen LogP contribution is -2.18. The maximum Gasteiger partial charge on any atom is 0.274 e. The van der Waals surface area contributed by atoms with Crippen LogP contribution in [0, 0.1) is 27.7 Å². The number of aromatic nitrogens is 2. The van der Waals surface area contributed by atoms with E-state index in [0.717, 1.165) is 17.0 Å². The minimum absolute atomic E-state index is 0.151. The molecule has 6 heteroatoms. The van der Waals surface area contributed by atoms with Crippen LogP contribution in [-0.2, 0) is 0 Å². The molecule has 1 N–H and O–H groups in total. The molecule has 138 valence electrons. The van der Waals surface area contributed by atoms with Gasteiger partial charge in [0.1, 0.15) is 5.15 Å². The van der Waals surface area contributed by atoms with Crippen LogP contribution in [0.15, 0.2) is 47.7 Å². The molecule has 0 unspecified atom stereocenters. The standard InChI is InChI=1S/C21H21ClN4O/c1-13-7-5-8-14(2)19(13)26-15(3)11-17(16(26)4)12-24-25-21(27)18-9-6-10-23-20(18)22/h5-12H,1-4H3,(H,25,27). The van der Waals surface area contributed by atoms with Crippen molar-refractivity contribution in [3.8, 4) is 5.69 Å². The lowest BCUT2D eigenvalue weighted by Gasteiger charge is -2.15. The Balaban J connectivity index is 1.86. The smallest absolute Gasteiger partial charge is 0.274 e. The van der Waals surface area contributed by atoms with Crippen molar-refractivity contribution >= 4 is 23.7 Å². The molecule has 2 aromatic heterocycles. The van der Waals surface area contributed by atoms with Gasteiger partial charge in [0.25, 0.3) is 5.91 Å². The summed E-state index contributed by atoms with van der Waals surface area (Å²) in [5.41, 5.74) is 9.49. The van der Waals surface area contributed by atoms with E-state index >= 15 is 0 Å². The highest BCUT2D eigenvalue weighted by Crippen LogP contribution is 2.25. The van der Waals surface area contributed by atoms with E-state index in [2.05, 4.69) is 59.0 Å². The van der Waals surface area contributed by atoms with Crippen molar-refractivity contribution in [2.75, 3.05) is 0 Å². The van der Waals surface area contributed by atoms with Gasteiger partial charge in [-0.05, 0) is 57.0 Å². The van der Waals surface area contributed by atoms with E-state index in [-0.39, 0.29) is 10.7 Å². The Hall–Kier alpha value is -2.92. The second-order valence-electron chi connectivity index (χ2n) is 6.44. The summed E-state index contributed by atoms with van der Waals surface area (Å²) in [6.45, 7) is 8.31. The number of aryl methyl sites for hydroxylation is 3. The maximum atomic E-state index is 12.2. The summed E-state index contributed by atoms with van der Waals surface area (Å²) in [6, 6.07) is 11.6. The number of hydrazone groups is 1. The fraction of sp³-hybridized carbons (Fsp3) is 0.190. The number of amides is 1. The Morgan fingerprint density at radius 2 is 1.85 bits per heavy atom. The van der Waals surface area contributed by atoms with E-state index in [1.54, 1.807) is 18.3 Å². The minimum Gasteiger partial charge on any atom is -0.317 e. The number of carbonyl (C=O) groups excluding carboxylic acids is 1.